The van der Waals surface area contributed by atoms with Crippen molar-refractivity contribution in [3.05, 3.63) is 12.8 Å². The number of hydrogen-bond donors (Lipinski definition) is 0. The van der Waals surface area contributed by atoms with Gasteiger partial charge in [0.25, 0.3) is 0 Å². The summed E-state index contributed by atoms with van der Waals surface area (Å²) >= 11 is 36.5. The predicted molar refractivity (Wildman–Crippen MR) is 125 cm³/mol. The molecule has 2 atom stereocenters. The van der Waals surface area contributed by atoms with Crippen molar-refractivity contribution in [2.45, 2.75) is 23.6 Å². The Kier molecular flexibility index (Phi) is 9.39. The van der Waals surface area contributed by atoms with Crippen molar-refractivity contribution in [1.82, 2.24) is 0 Å². The summed E-state index contributed by atoms with van der Waals surface area (Å²) < 4.78 is -1.51. The van der Waals surface area contributed by atoms with Crippen LogP contribution in [0.4, 0.5) is 0 Å². The summed E-state index contributed by atoms with van der Waals surface area (Å²) in [5.41, 5.74) is 0. The molecule has 2 unspecified atom stereocenters. The fourth-order valence-electron chi connectivity index (χ4n) is 1.83. The van der Waals surface area contributed by atoms with Gasteiger partial charge < -0.3 is 0 Å². The second kappa shape index (κ2) is 8.22. The molecule has 0 bridgehead atoms. The lowest BCUT2D eigenvalue weighted by Gasteiger charge is -2.45. The van der Waals surface area contributed by atoms with E-state index >= 15 is 0 Å². The second-order valence-electron chi connectivity index (χ2n) is 4.40. The third-order valence-electron chi connectivity index (χ3n) is 3.04. The summed E-state index contributed by atoms with van der Waals surface area (Å²) in [6.07, 6.45) is 6.52. The Labute approximate surface area is 204 Å². The van der Waals surface area contributed by atoms with E-state index in [4.69, 9.17) is 0 Å². The van der Waals surface area contributed by atoms with Gasteiger partial charge in [-0.05, 0) is 37.5 Å². The number of alkyl halides is 10. The largest absolute Gasteiger partial charge is 0.160 e. The maximum Gasteiger partial charge on any atom is 0.160 e. The van der Waals surface area contributed by atoms with E-state index in [1.807, 2.05) is 0 Å². The minimum absolute atomic E-state index is 0.322. The van der Waals surface area contributed by atoms with Crippen LogP contribution in [-0.4, -0.2) is 10.8 Å². The Bertz CT molecular complexity index is 297. The van der Waals surface area contributed by atoms with Gasteiger partial charge in [0.2, 0.25) is 0 Å². The summed E-state index contributed by atoms with van der Waals surface area (Å²) in [6, 6.07) is 0. The van der Waals surface area contributed by atoms with Gasteiger partial charge in [-0.25, -0.2) is 0 Å². The van der Waals surface area contributed by atoms with E-state index in [0.29, 0.717) is 11.8 Å². The zero-order chi connectivity index (χ0) is 16.0. The Morgan fingerprint density at radius 2 is 0.800 bits per heavy atom. The molecule has 1 saturated carbocycles. The standard InChI is InChI=1S/C10H8Br10/c11-7(12,9(15,16)17)5-1-2-6(4-3-5)8(13,14)10(18,19)20/h1,4-6H,2-3H2. The predicted octanol–water partition coefficient (Wildman–Crippen LogP) is 9.07. The molecule has 0 spiro atoms. The van der Waals surface area contributed by atoms with Crippen molar-refractivity contribution in [2.24, 2.45) is 11.8 Å². The summed E-state index contributed by atoms with van der Waals surface area (Å²) in [4.78, 5) is 0. The molecular formula is C10H8Br10. The van der Waals surface area contributed by atoms with Crippen LogP contribution in [0.15, 0.2) is 0 Å². The molecule has 0 aliphatic heterocycles. The lowest BCUT2D eigenvalue weighted by atomic mass is 9.79. The van der Waals surface area contributed by atoms with Crippen LogP contribution in [0, 0.1) is 24.7 Å². The first-order valence-corrected chi connectivity index (χ1v) is 13.2. The average Bonchev–Trinajstić information content (AvgIpc) is 2.26. The fourth-order valence-corrected chi connectivity index (χ4v) is 5.09. The average molecular weight is 927 g/mol. The van der Waals surface area contributed by atoms with Crippen molar-refractivity contribution < 1.29 is 0 Å². The van der Waals surface area contributed by atoms with Crippen molar-refractivity contribution in [1.29, 1.82) is 0 Å². The normalized spacial score (nSPS) is 26.7. The Hall–Kier alpha value is 4.80. The van der Waals surface area contributed by atoms with Gasteiger partial charge in [0, 0.05) is 0 Å². The van der Waals surface area contributed by atoms with E-state index in [1.165, 1.54) is 0 Å². The molecule has 0 aromatic rings. The molecule has 0 heterocycles. The summed E-state index contributed by atoms with van der Waals surface area (Å²) in [6.45, 7) is 0. The quantitative estimate of drug-likeness (QED) is 0.243. The Morgan fingerprint density at radius 3 is 0.950 bits per heavy atom. The number of rotatable bonds is 2. The topological polar surface area (TPSA) is 0 Å². The smallest absolute Gasteiger partial charge is 0.0689 e. The molecule has 20 heavy (non-hydrogen) atoms. The molecule has 0 nitrogen and oxygen atoms in total. The molecule has 0 saturated heterocycles. The molecule has 2 radical (unpaired) electrons. The molecule has 1 aliphatic carbocycles. The van der Waals surface area contributed by atoms with Crippen LogP contribution >= 0.6 is 159 Å². The van der Waals surface area contributed by atoms with Crippen LogP contribution in [0.25, 0.3) is 0 Å². The molecule has 1 rings (SSSR count). The van der Waals surface area contributed by atoms with Gasteiger partial charge in [0.1, 0.15) is 6.47 Å². The van der Waals surface area contributed by atoms with E-state index in [1.54, 1.807) is 0 Å². The SMILES string of the molecule is BrC(Br)(Br)C(Br)(Br)C1[CH]CC(C(Br)(Br)C(Br)(Br)Br)[CH]C1. The maximum atomic E-state index is 3.75. The highest BCUT2D eigenvalue weighted by molar-refractivity contribution is 9.42. The van der Waals surface area contributed by atoms with Crippen LogP contribution in [0.2, 0.25) is 0 Å². The Balaban J connectivity index is 2.75. The van der Waals surface area contributed by atoms with Crippen molar-refractivity contribution in [3.63, 3.8) is 0 Å². The van der Waals surface area contributed by atoms with Crippen LogP contribution in [0.1, 0.15) is 12.8 Å². The van der Waals surface area contributed by atoms with Crippen LogP contribution < -0.4 is 0 Å². The van der Waals surface area contributed by atoms with E-state index in [2.05, 4.69) is 172 Å². The lowest BCUT2D eigenvalue weighted by molar-refractivity contribution is 0.405. The minimum atomic E-state index is -0.425. The van der Waals surface area contributed by atoms with Crippen molar-refractivity contribution in [2.75, 3.05) is 0 Å². The van der Waals surface area contributed by atoms with Crippen molar-refractivity contribution >= 4 is 159 Å². The zero-order valence-corrected chi connectivity index (χ0v) is 25.4. The highest BCUT2D eigenvalue weighted by atomic mass is 80.0. The summed E-state index contributed by atoms with van der Waals surface area (Å²) in [7, 11) is 0. The number of halogens is 10. The first-order chi connectivity index (χ1) is 8.71. The van der Waals surface area contributed by atoms with Gasteiger partial charge in [0.05, 0.1) is 0 Å². The van der Waals surface area contributed by atoms with Gasteiger partial charge in [-0.15, -0.1) is 0 Å². The molecule has 0 aromatic heterocycles. The van der Waals surface area contributed by atoms with Gasteiger partial charge in [-0.1, -0.05) is 159 Å². The molecular weight excluding hydrogens is 919 g/mol. The molecule has 1 fully saturated rings. The van der Waals surface area contributed by atoms with Crippen LogP contribution in [-0.2, 0) is 0 Å². The van der Waals surface area contributed by atoms with E-state index in [-0.39, 0.29) is 6.47 Å². The lowest BCUT2D eigenvalue weighted by Crippen LogP contribution is -2.44. The molecule has 0 N–H and O–H groups in total. The monoisotopic (exact) mass is 917 g/mol. The van der Waals surface area contributed by atoms with Gasteiger partial charge in [-0.3, -0.25) is 0 Å². The third-order valence-corrected chi connectivity index (χ3v) is 17.9. The maximum absolute atomic E-state index is 3.75. The highest BCUT2D eigenvalue weighted by Crippen LogP contribution is 2.63. The second-order valence-corrected chi connectivity index (χ2v) is 25.1. The fraction of sp³-hybridized carbons (Fsp3) is 0.800. The first-order valence-electron chi connectivity index (χ1n) is 5.27. The molecule has 118 valence electrons. The van der Waals surface area contributed by atoms with Crippen LogP contribution in [0.5, 0.6) is 0 Å². The zero-order valence-electron chi connectivity index (χ0n) is 9.50. The molecule has 0 amide bonds. The highest BCUT2D eigenvalue weighted by Gasteiger charge is 2.54. The van der Waals surface area contributed by atoms with Gasteiger partial charge in [-0.2, -0.15) is 0 Å². The van der Waals surface area contributed by atoms with E-state index in [9.17, 15) is 0 Å². The van der Waals surface area contributed by atoms with Gasteiger partial charge >= 0.3 is 0 Å². The summed E-state index contributed by atoms with van der Waals surface area (Å²) in [5, 5.41) is 0. The Morgan fingerprint density at radius 1 is 0.550 bits per heavy atom. The molecule has 1 aliphatic rings. The van der Waals surface area contributed by atoms with Crippen LogP contribution in [0.3, 0.4) is 0 Å². The minimum Gasteiger partial charge on any atom is -0.0689 e. The summed E-state index contributed by atoms with van der Waals surface area (Å²) in [5.74, 6) is 0.645. The van der Waals surface area contributed by atoms with E-state index < -0.39 is 4.29 Å². The first kappa shape index (κ1) is 22.8. The number of hydrogen-bond acceptors (Lipinski definition) is 0. The van der Waals surface area contributed by atoms with E-state index in [0.717, 1.165) is 12.8 Å². The third kappa shape index (κ3) is 5.40. The molecule has 10 heteroatoms. The van der Waals surface area contributed by atoms with Crippen molar-refractivity contribution in [3.8, 4) is 0 Å². The van der Waals surface area contributed by atoms with Gasteiger partial charge in [0.15, 0.2) is 4.29 Å². The molecule has 0 aromatic carbocycles.